The molecule has 18 heavy (non-hydrogen) atoms. The van der Waals surface area contributed by atoms with Crippen molar-refractivity contribution in [2.75, 3.05) is 46.4 Å². The normalized spacial score (nSPS) is 39.5. The van der Waals surface area contributed by atoms with Gasteiger partial charge in [0.05, 0.1) is 13.2 Å². The molecule has 1 N–H and O–H groups in total. The minimum absolute atomic E-state index is 0.730. The molecular formula is C14H27N3O. The Bertz CT molecular complexity index is 268. The van der Waals surface area contributed by atoms with Crippen LogP contribution in [0.5, 0.6) is 0 Å². The van der Waals surface area contributed by atoms with Gasteiger partial charge in [-0.25, -0.2) is 0 Å². The van der Waals surface area contributed by atoms with Crippen molar-refractivity contribution in [2.45, 2.75) is 43.8 Å². The lowest BCUT2D eigenvalue weighted by Gasteiger charge is -2.34. The van der Waals surface area contributed by atoms with Gasteiger partial charge >= 0.3 is 0 Å². The Kier molecular flexibility index (Phi) is 4.19. The summed E-state index contributed by atoms with van der Waals surface area (Å²) >= 11 is 0. The number of nitrogens with one attached hydrogen (secondary N) is 1. The van der Waals surface area contributed by atoms with Gasteiger partial charge in [-0.3, -0.25) is 9.80 Å². The van der Waals surface area contributed by atoms with Gasteiger partial charge in [-0.15, -0.1) is 0 Å². The first-order valence-corrected chi connectivity index (χ1v) is 7.61. The zero-order valence-electron chi connectivity index (χ0n) is 11.6. The average Bonchev–Trinajstić information content (AvgIpc) is 3.08. The second-order valence-corrected chi connectivity index (χ2v) is 5.98. The molecule has 0 aromatic rings. The van der Waals surface area contributed by atoms with Crippen molar-refractivity contribution >= 4 is 0 Å². The van der Waals surface area contributed by atoms with Crippen molar-refractivity contribution in [3.63, 3.8) is 0 Å². The molecule has 0 bridgehead atoms. The van der Waals surface area contributed by atoms with Crippen molar-refractivity contribution in [1.29, 1.82) is 0 Å². The van der Waals surface area contributed by atoms with Crippen LogP contribution in [0.2, 0.25) is 0 Å². The number of ether oxygens (including phenoxy) is 1. The lowest BCUT2D eigenvalue weighted by molar-refractivity contribution is 0.0174. The van der Waals surface area contributed by atoms with Crippen LogP contribution in [0.4, 0.5) is 0 Å². The molecule has 2 heterocycles. The smallest absolute Gasteiger partial charge is 0.0594 e. The Morgan fingerprint density at radius 1 is 1.00 bits per heavy atom. The van der Waals surface area contributed by atoms with Crippen molar-refractivity contribution < 1.29 is 4.74 Å². The molecular weight excluding hydrogens is 226 g/mol. The first kappa shape index (κ1) is 12.9. The predicted molar refractivity (Wildman–Crippen MR) is 72.9 cm³/mol. The lowest BCUT2D eigenvalue weighted by Crippen LogP contribution is -2.48. The lowest BCUT2D eigenvalue weighted by atomic mass is 10.1. The molecule has 1 saturated carbocycles. The molecule has 4 nitrogen and oxygen atoms in total. The van der Waals surface area contributed by atoms with E-state index in [4.69, 9.17) is 4.74 Å². The van der Waals surface area contributed by atoms with Crippen LogP contribution < -0.4 is 5.32 Å². The molecule has 0 radical (unpaired) electrons. The van der Waals surface area contributed by atoms with E-state index in [9.17, 15) is 0 Å². The molecule has 4 heteroatoms. The van der Waals surface area contributed by atoms with E-state index in [0.717, 1.165) is 44.4 Å². The third-order valence-electron chi connectivity index (χ3n) is 5.08. The third kappa shape index (κ3) is 2.57. The van der Waals surface area contributed by atoms with Crippen LogP contribution in [-0.4, -0.2) is 74.4 Å². The molecule has 3 fully saturated rings. The Hall–Kier alpha value is -0.160. The highest BCUT2D eigenvalue weighted by Gasteiger charge is 2.37. The number of hydrogen-bond acceptors (Lipinski definition) is 4. The van der Waals surface area contributed by atoms with Gasteiger partial charge in [-0.1, -0.05) is 6.42 Å². The van der Waals surface area contributed by atoms with E-state index in [0.29, 0.717) is 0 Å². The number of likely N-dealkylation sites (tertiary alicyclic amines) is 1. The van der Waals surface area contributed by atoms with Crippen LogP contribution >= 0.6 is 0 Å². The average molecular weight is 253 g/mol. The molecule has 3 unspecified atom stereocenters. The topological polar surface area (TPSA) is 27.7 Å². The number of rotatable bonds is 3. The highest BCUT2D eigenvalue weighted by Crippen LogP contribution is 2.28. The van der Waals surface area contributed by atoms with Crippen molar-refractivity contribution in [3.05, 3.63) is 0 Å². The Labute approximate surface area is 111 Å². The zero-order valence-corrected chi connectivity index (χ0v) is 11.6. The second kappa shape index (κ2) is 5.87. The van der Waals surface area contributed by atoms with Gasteiger partial charge in [0.2, 0.25) is 0 Å². The van der Waals surface area contributed by atoms with Crippen molar-refractivity contribution in [2.24, 2.45) is 0 Å². The van der Waals surface area contributed by atoms with Gasteiger partial charge in [0.15, 0.2) is 0 Å². The molecule has 3 aliphatic rings. The summed E-state index contributed by atoms with van der Waals surface area (Å²) in [5.41, 5.74) is 0. The van der Waals surface area contributed by atoms with Gasteiger partial charge in [0.1, 0.15) is 0 Å². The third-order valence-corrected chi connectivity index (χ3v) is 5.08. The van der Waals surface area contributed by atoms with E-state index in [1.165, 1.54) is 38.8 Å². The van der Waals surface area contributed by atoms with Crippen molar-refractivity contribution in [1.82, 2.24) is 15.1 Å². The standard InChI is InChI=1S/C14H27N3O/c1-15-13-3-2-4-14(13)17-6-5-12(11-17)16-7-9-18-10-8-16/h12-15H,2-11H2,1H3. The fraction of sp³-hybridized carbons (Fsp3) is 1.00. The van der Waals surface area contributed by atoms with Crippen LogP contribution in [0.3, 0.4) is 0 Å². The molecule has 1 aliphatic carbocycles. The predicted octanol–water partition coefficient (Wildman–Crippen LogP) is 0.533. The quantitative estimate of drug-likeness (QED) is 0.794. The minimum Gasteiger partial charge on any atom is -0.379 e. The molecule has 3 atom stereocenters. The van der Waals surface area contributed by atoms with Gasteiger partial charge in [-0.05, 0) is 26.3 Å². The highest BCUT2D eigenvalue weighted by atomic mass is 16.5. The maximum atomic E-state index is 5.46. The molecule has 2 saturated heterocycles. The minimum atomic E-state index is 0.730. The monoisotopic (exact) mass is 253 g/mol. The zero-order chi connectivity index (χ0) is 12.4. The van der Waals surface area contributed by atoms with Gasteiger partial charge in [-0.2, -0.15) is 0 Å². The summed E-state index contributed by atoms with van der Waals surface area (Å²) < 4.78 is 5.46. The first-order valence-electron chi connectivity index (χ1n) is 7.61. The number of likely N-dealkylation sites (N-methyl/N-ethyl adjacent to an activating group) is 1. The van der Waals surface area contributed by atoms with E-state index in [1.54, 1.807) is 0 Å². The molecule has 0 spiro atoms. The number of morpholine rings is 1. The maximum absolute atomic E-state index is 5.46. The molecule has 104 valence electrons. The largest absolute Gasteiger partial charge is 0.379 e. The van der Waals surface area contributed by atoms with Crippen LogP contribution in [0.1, 0.15) is 25.7 Å². The summed E-state index contributed by atoms with van der Waals surface area (Å²) in [6, 6.07) is 2.31. The molecule has 2 aliphatic heterocycles. The van der Waals surface area contributed by atoms with Crippen LogP contribution in [0, 0.1) is 0 Å². The fourth-order valence-electron chi connectivity index (χ4n) is 4.02. The number of nitrogens with zero attached hydrogens (tertiary/aromatic N) is 2. The second-order valence-electron chi connectivity index (χ2n) is 5.98. The Morgan fingerprint density at radius 3 is 2.61 bits per heavy atom. The van der Waals surface area contributed by atoms with E-state index < -0.39 is 0 Å². The number of hydrogen-bond donors (Lipinski definition) is 1. The summed E-state index contributed by atoms with van der Waals surface area (Å²) in [6.45, 7) is 6.71. The van der Waals surface area contributed by atoms with E-state index in [2.05, 4.69) is 22.2 Å². The summed E-state index contributed by atoms with van der Waals surface area (Å²) in [5.74, 6) is 0. The summed E-state index contributed by atoms with van der Waals surface area (Å²) in [4.78, 5) is 5.39. The highest BCUT2D eigenvalue weighted by molar-refractivity contribution is 4.95. The summed E-state index contributed by atoms with van der Waals surface area (Å²) in [6.07, 6.45) is 5.50. The Balaban J connectivity index is 1.54. The SMILES string of the molecule is CNC1CCCC1N1CCC(N2CCOCC2)C1. The maximum Gasteiger partial charge on any atom is 0.0594 e. The molecule has 3 rings (SSSR count). The van der Waals surface area contributed by atoms with Crippen LogP contribution in [0.15, 0.2) is 0 Å². The van der Waals surface area contributed by atoms with Gasteiger partial charge < -0.3 is 10.1 Å². The molecule has 0 aromatic carbocycles. The summed E-state index contributed by atoms with van der Waals surface area (Å²) in [5, 5.41) is 3.51. The van der Waals surface area contributed by atoms with Crippen molar-refractivity contribution in [3.8, 4) is 0 Å². The van der Waals surface area contributed by atoms with E-state index in [1.807, 2.05) is 0 Å². The molecule has 0 aromatic heterocycles. The molecule has 0 amide bonds. The Morgan fingerprint density at radius 2 is 1.83 bits per heavy atom. The summed E-state index contributed by atoms with van der Waals surface area (Å²) in [7, 11) is 2.12. The van der Waals surface area contributed by atoms with Gasteiger partial charge in [0, 0.05) is 44.3 Å². The van der Waals surface area contributed by atoms with Gasteiger partial charge in [0.25, 0.3) is 0 Å². The van der Waals surface area contributed by atoms with E-state index >= 15 is 0 Å². The van der Waals surface area contributed by atoms with Crippen LogP contribution in [0.25, 0.3) is 0 Å². The fourth-order valence-corrected chi connectivity index (χ4v) is 4.02. The van der Waals surface area contributed by atoms with Crippen LogP contribution in [-0.2, 0) is 4.74 Å². The first-order chi connectivity index (χ1) is 8.88. The van der Waals surface area contributed by atoms with E-state index in [-0.39, 0.29) is 0 Å².